The minimum atomic E-state index is 0.303. The van der Waals surface area contributed by atoms with Crippen molar-refractivity contribution in [2.45, 2.75) is 0 Å². The van der Waals surface area contributed by atoms with Crippen LogP contribution in [0.1, 0.15) is 0 Å². The van der Waals surface area contributed by atoms with Crippen molar-refractivity contribution in [1.82, 2.24) is 9.97 Å². The number of rotatable bonds is 2. The highest BCUT2D eigenvalue weighted by atomic mass is 79.9. The highest BCUT2D eigenvalue weighted by Gasteiger charge is 2.15. The van der Waals surface area contributed by atoms with E-state index in [1.807, 2.05) is 24.3 Å². The maximum atomic E-state index is 6.29. The van der Waals surface area contributed by atoms with Gasteiger partial charge in [0.15, 0.2) is 5.82 Å². The van der Waals surface area contributed by atoms with Crippen molar-refractivity contribution < 1.29 is 0 Å². The molecule has 0 N–H and O–H groups in total. The van der Waals surface area contributed by atoms with Crippen molar-refractivity contribution >= 4 is 62.1 Å². The molecule has 3 aromatic rings. The first-order chi connectivity index (χ1) is 10.0. The number of benzene rings is 1. The molecule has 106 valence electrons. The molecule has 2 heterocycles. The van der Waals surface area contributed by atoms with Gasteiger partial charge in [0.1, 0.15) is 10.3 Å². The fourth-order valence-electron chi connectivity index (χ4n) is 1.83. The van der Waals surface area contributed by atoms with Crippen molar-refractivity contribution in [2.75, 3.05) is 0 Å². The summed E-state index contributed by atoms with van der Waals surface area (Å²) in [4.78, 5) is 9.57. The number of hydrogen-bond acceptors (Lipinski definition) is 3. The van der Waals surface area contributed by atoms with Gasteiger partial charge in [-0.1, -0.05) is 46.9 Å². The van der Waals surface area contributed by atoms with Gasteiger partial charge in [0.05, 0.1) is 14.2 Å². The first-order valence-electron chi connectivity index (χ1n) is 5.79. The Bertz CT molecular complexity index is 796. The molecule has 0 aliphatic carbocycles. The first-order valence-corrected chi connectivity index (χ1v) is 8.53. The van der Waals surface area contributed by atoms with Gasteiger partial charge in [0, 0.05) is 5.02 Å². The molecule has 0 amide bonds. The highest BCUT2D eigenvalue weighted by Crippen LogP contribution is 2.37. The molecule has 0 radical (unpaired) electrons. The third kappa shape index (κ3) is 3.25. The van der Waals surface area contributed by atoms with E-state index in [4.69, 9.17) is 34.8 Å². The van der Waals surface area contributed by atoms with Crippen LogP contribution in [-0.4, -0.2) is 9.97 Å². The van der Waals surface area contributed by atoms with Gasteiger partial charge in [0.2, 0.25) is 0 Å². The monoisotopic (exact) mass is 418 g/mol. The summed E-state index contributed by atoms with van der Waals surface area (Å²) in [6.45, 7) is 0. The van der Waals surface area contributed by atoms with Gasteiger partial charge in [-0.25, -0.2) is 9.97 Å². The minimum absolute atomic E-state index is 0.303. The van der Waals surface area contributed by atoms with Crippen molar-refractivity contribution in [3.05, 3.63) is 55.5 Å². The second-order valence-corrected chi connectivity index (χ2v) is 7.73. The van der Waals surface area contributed by atoms with Crippen LogP contribution in [0.5, 0.6) is 0 Å². The summed E-state index contributed by atoms with van der Waals surface area (Å²) in [6.07, 6.45) is 0. The number of nitrogens with zero attached hydrogens (tertiary/aromatic N) is 2. The lowest BCUT2D eigenvalue weighted by molar-refractivity contribution is 1.19. The fourth-order valence-corrected chi connectivity index (χ4v) is 3.95. The molecule has 7 heteroatoms. The molecule has 3 rings (SSSR count). The third-order valence-corrected chi connectivity index (χ3v) is 5.13. The molecule has 0 aliphatic heterocycles. The van der Waals surface area contributed by atoms with Crippen LogP contribution >= 0.6 is 62.1 Å². The number of halogens is 4. The Labute approximate surface area is 148 Å². The second kappa shape index (κ2) is 6.23. The van der Waals surface area contributed by atoms with E-state index in [0.717, 1.165) is 14.2 Å². The minimum Gasteiger partial charge on any atom is -0.215 e. The van der Waals surface area contributed by atoms with Crippen LogP contribution in [0.3, 0.4) is 0 Å². The maximum absolute atomic E-state index is 6.29. The summed E-state index contributed by atoms with van der Waals surface area (Å²) in [7, 11) is 0. The number of hydrogen-bond donors (Lipinski definition) is 0. The molecule has 0 aliphatic rings. The van der Waals surface area contributed by atoms with Gasteiger partial charge in [0.25, 0.3) is 0 Å². The molecule has 0 spiro atoms. The van der Waals surface area contributed by atoms with Crippen LogP contribution in [-0.2, 0) is 0 Å². The number of thiophene rings is 1. The average molecular weight is 421 g/mol. The summed E-state index contributed by atoms with van der Waals surface area (Å²) in [5.41, 5.74) is 1.37. The second-order valence-electron chi connectivity index (χ2n) is 4.12. The first kappa shape index (κ1) is 15.3. The molecule has 1 aromatic carbocycles. The van der Waals surface area contributed by atoms with Gasteiger partial charge in [-0.3, -0.25) is 0 Å². The van der Waals surface area contributed by atoms with Crippen LogP contribution in [0.4, 0.5) is 0 Å². The zero-order valence-corrected chi connectivity index (χ0v) is 14.9. The summed E-state index contributed by atoms with van der Waals surface area (Å²) in [6, 6.07) is 11.1. The largest absolute Gasteiger partial charge is 0.215 e. The smallest absolute Gasteiger partial charge is 0.172 e. The van der Waals surface area contributed by atoms with Crippen LogP contribution in [0, 0.1) is 0 Å². The van der Waals surface area contributed by atoms with E-state index < -0.39 is 0 Å². The van der Waals surface area contributed by atoms with Gasteiger partial charge in [-0.15, -0.1) is 11.3 Å². The predicted molar refractivity (Wildman–Crippen MR) is 93.5 cm³/mol. The van der Waals surface area contributed by atoms with E-state index in [-0.39, 0.29) is 0 Å². The van der Waals surface area contributed by atoms with Crippen molar-refractivity contribution in [2.24, 2.45) is 0 Å². The zero-order valence-electron chi connectivity index (χ0n) is 10.3. The van der Waals surface area contributed by atoms with E-state index in [1.165, 1.54) is 11.3 Å². The molecule has 0 unspecified atom stereocenters. The number of aromatic nitrogens is 2. The highest BCUT2D eigenvalue weighted by molar-refractivity contribution is 9.11. The lowest BCUT2D eigenvalue weighted by Gasteiger charge is -2.08. The van der Waals surface area contributed by atoms with E-state index in [2.05, 4.69) is 25.9 Å². The Balaban J connectivity index is 2.12. The Morgan fingerprint density at radius 3 is 2.24 bits per heavy atom. The van der Waals surface area contributed by atoms with Crippen molar-refractivity contribution in [3.8, 4) is 21.8 Å². The van der Waals surface area contributed by atoms with Crippen LogP contribution < -0.4 is 0 Å². The predicted octanol–water partition coefficient (Wildman–Crippen LogP) is 6.59. The normalized spacial score (nSPS) is 10.9. The van der Waals surface area contributed by atoms with E-state index in [1.54, 1.807) is 12.1 Å². The Morgan fingerprint density at radius 1 is 0.952 bits per heavy atom. The Hall–Kier alpha value is -0.650. The molecule has 0 saturated heterocycles. The van der Waals surface area contributed by atoms with Gasteiger partial charge < -0.3 is 0 Å². The summed E-state index contributed by atoms with van der Waals surface area (Å²) >= 11 is 23.5. The van der Waals surface area contributed by atoms with Crippen LogP contribution in [0.2, 0.25) is 15.3 Å². The van der Waals surface area contributed by atoms with Gasteiger partial charge >= 0.3 is 0 Å². The molecule has 2 aromatic heterocycles. The molecule has 21 heavy (non-hydrogen) atoms. The van der Waals surface area contributed by atoms with Gasteiger partial charge in [-0.05, 0) is 45.8 Å². The molecular weight excluding hydrogens is 414 g/mol. The molecule has 0 atom stereocenters. The molecule has 2 nitrogen and oxygen atoms in total. The van der Waals surface area contributed by atoms with E-state index in [0.29, 0.717) is 26.7 Å². The quantitative estimate of drug-likeness (QED) is 0.437. The fraction of sp³-hybridized carbons (Fsp3) is 0. The summed E-state index contributed by atoms with van der Waals surface area (Å²) < 4.78 is 0.993. The maximum Gasteiger partial charge on any atom is 0.172 e. The SMILES string of the molecule is Clc1cccc(-c2c(Cl)nc(-c3ccc(Br)s3)nc2Cl)c1. The molecular formula is C14H6BrCl3N2S. The Morgan fingerprint density at radius 2 is 1.67 bits per heavy atom. The van der Waals surface area contributed by atoms with Gasteiger partial charge in [-0.2, -0.15) is 0 Å². The standard InChI is InChI=1S/C14H6BrCl3N2S/c15-10-5-4-9(21-10)14-19-12(17)11(13(18)20-14)7-2-1-3-8(16)6-7/h1-6H. The van der Waals surface area contributed by atoms with Crippen molar-refractivity contribution in [3.63, 3.8) is 0 Å². The van der Waals surface area contributed by atoms with E-state index >= 15 is 0 Å². The van der Waals surface area contributed by atoms with Crippen LogP contribution in [0.25, 0.3) is 21.8 Å². The van der Waals surface area contributed by atoms with Crippen LogP contribution in [0.15, 0.2) is 40.2 Å². The molecule has 0 bridgehead atoms. The van der Waals surface area contributed by atoms with E-state index in [9.17, 15) is 0 Å². The lowest BCUT2D eigenvalue weighted by atomic mass is 10.1. The van der Waals surface area contributed by atoms with Crippen molar-refractivity contribution in [1.29, 1.82) is 0 Å². The Kier molecular flexibility index (Phi) is 4.52. The average Bonchev–Trinajstić information content (AvgIpc) is 2.85. The molecule has 0 fully saturated rings. The topological polar surface area (TPSA) is 25.8 Å². The zero-order chi connectivity index (χ0) is 15.0. The lowest BCUT2D eigenvalue weighted by Crippen LogP contribution is -1.93. The summed E-state index contributed by atoms with van der Waals surface area (Å²) in [5.74, 6) is 0.506. The summed E-state index contributed by atoms with van der Waals surface area (Å²) in [5, 5.41) is 1.21. The third-order valence-electron chi connectivity index (χ3n) is 2.73. The molecule has 0 saturated carbocycles.